The third-order valence-corrected chi connectivity index (χ3v) is 5.53. The summed E-state index contributed by atoms with van der Waals surface area (Å²) in [5.74, 6) is -0.281. The Hall–Kier alpha value is -2.25. The van der Waals surface area contributed by atoms with Crippen LogP contribution in [0.5, 0.6) is 0 Å². The zero-order chi connectivity index (χ0) is 17.9. The molecule has 0 radical (unpaired) electrons. The van der Waals surface area contributed by atoms with Crippen molar-refractivity contribution in [2.45, 2.75) is 12.2 Å². The Labute approximate surface area is 150 Å². The minimum absolute atomic E-state index is 0.0696. The molecular formula is C18H18N2O3S2. The largest absolute Gasteiger partial charge is 0.352 e. The van der Waals surface area contributed by atoms with Crippen LogP contribution in [0.1, 0.15) is 20.9 Å². The Morgan fingerprint density at radius 3 is 2.72 bits per heavy atom. The number of carbonyl (C=O) groups is 1. The first-order chi connectivity index (χ1) is 11.9. The zero-order valence-corrected chi connectivity index (χ0v) is 15.4. The van der Waals surface area contributed by atoms with Gasteiger partial charge in [-0.25, -0.2) is 13.4 Å². The van der Waals surface area contributed by atoms with E-state index in [0.717, 1.165) is 15.2 Å². The number of carbonyl (C=O) groups excluding carboxylic acids is 1. The van der Waals surface area contributed by atoms with Gasteiger partial charge >= 0.3 is 0 Å². The van der Waals surface area contributed by atoms with E-state index >= 15 is 0 Å². The highest BCUT2D eigenvalue weighted by Gasteiger charge is 2.10. The second-order valence-electron chi connectivity index (χ2n) is 5.85. The maximum atomic E-state index is 12.2. The van der Waals surface area contributed by atoms with Crippen LogP contribution in [-0.2, 0) is 22.0 Å². The van der Waals surface area contributed by atoms with Crippen molar-refractivity contribution in [2.75, 3.05) is 12.8 Å². The van der Waals surface area contributed by atoms with E-state index in [1.807, 2.05) is 24.3 Å². The summed E-state index contributed by atoms with van der Waals surface area (Å²) in [6.07, 6.45) is 1.84. The Morgan fingerprint density at radius 1 is 1.16 bits per heavy atom. The lowest BCUT2D eigenvalue weighted by Crippen LogP contribution is -2.25. The average Bonchev–Trinajstić information content (AvgIpc) is 2.96. The van der Waals surface area contributed by atoms with Crippen LogP contribution < -0.4 is 5.32 Å². The van der Waals surface area contributed by atoms with Gasteiger partial charge in [0.25, 0.3) is 5.91 Å². The zero-order valence-electron chi connectivity index (χ0n) is 13.7. The van der Waals surface area contributed by atoms with Crippen molar-refractivity contribution in [2.24, 2.45) is 0 Å². The third-order valence-electron chi connectivity index (χ3n) is 3.58. The van der Waals surface area contributed by atoms with Crippen LogP contribution in [0, 0.1) is 0 Å². The van der Waals surface area contributed by atoms with Crippen molar-refractivity contribution in [3.8, 4) is 0 Å². The van der Waals surface area contributed by atoms with Crippen LogP contribution in [0.15, 0.2) is 48.5 Å². The van der Waals surface area contributed by atoms with E-state index in [4.69, 9.17) is 0 Å². The summed E-state index contributed by atoms with van der Waals surface area (Å²) in [5, 5.41) is 3.84. The number of rotatable bonds is 6. The van der Waals surface area contributed by atoms with E-state index in [1.54, 1.807) is 35.6 Å². The first kappa shape index (κ1) is 17.6. The summed E-state index contributed by atoms with van der Waals surface area (Å²) in [6, 6.07) is 14.6. The topological polar surface area (TPSA) is 76.1 Å². The van der Waals surface area contributed by atoms with E-state index in [-0.39, 0.29) is 11.7 Å². The maximum absolute atomic E-state index is 12.2. The summed E-state index contributed by atoms with van der Waals surface area (Å²) in [6.45, 7) is 0.481. The van der Waals surface area contributed by atoms with E-state index in [2.05, 4.69) is 10.3 Å². The number of nitrogens with one attached hydrogen (secondary N) is 1. The molecule has 2 aromatic carbocycles. The molecule has 3 rings (SSSR count). The Bertz CT molecular complexity index is 977. The summed E-state index contributed by atoms with van der Waals surface area (Å²) >= 11 is 1.62. The Morgan fingerprint density at radius 2 is 1.96 bits per heavy atom. The van der Waals surface area contributed by atoms with Gasteiger partial charge in [-0.3, -0.25) is 4.79 Å². The van der Waals surface area contributed by atoms with Crippen LogP contribution in [0.4, 0.5) is 0 Å². The van der Waals surface area contributed by atoms with Crippen LogP contribution >= 0.6 is 11.3 Å². The summed E-state index contributed by atoms with van der Waals surface area (Å²) < 4.78 is 23.9. The minimum atomic E-state index is -3.12. The second-order valence-corrected chi connectivity index (χ2v) is 9.11. The normalized spacial score (nSPS) is 11.6. The molecule has 7 heteroatoms. The van der Waals surface area contributed by atoms with Crippen molar-refractivity contribution in [1.82, 2.24) is 10.3 Å². The molecule has 25 heavy (non-hydrogen) atoms. The van der Waals surface area contributed by atoms with Crippen molar-refractivity contribution in [1.29, 1.82) is 0 Å². The lowest BCUT2D eigenvalue weighted by molar-refractivity contribution is 0.0954. The number of hydrogen-bond acceptors (Lipinski definition) is 5. The number of sulfone groups is 1. The SMILES string of the molecule is CS(=O)(=O)Cc1cccc(C(=O)NCCc2nc3ccccc3s2)c1. The second kappa shape index (κ2) is 7.33. The fourth-order valence-corrected chi connectivity index (χ4v) is 4.27. The number of para-hydroxylation sites is 1. The molecule has 3 aromatic rings. The van der Waals surface area contributed by atoms with Gasteiger partial charge in [0, 0.05) is 24.8 Å². The standard InChI is InChI=1S/C18H18N2O3S2/c1-25(22,23)12-13-5-4-6-14(11-13)18(21)19-10-9-17-20-15-7-2-3-8-16(15)24-17/h2-8,11H,9-10,12H2,1H3,(H,19,21). The molecule has 0 atom stereocenters. The molecule has 1 amide bonds. The smallest absolute Gasteiger partial charge is 0.251 e. The molecule has 0 unspecified atom stereocenters. The molecule has 0 spiro atoms. The Balaban J connectivity index is 1.59. The highest BCUT2D eigenvalue weighted by atomic mass is 32.2. The summed E-state index contributed by atoms with van der Waals surface area (Å²) in [5.41, 5.74) is 2.05. The number of hydrogen-bond donors (Lipinski definition) is 1. The monoisotopic (exact) mass is 374 g/mol. The number of fused-ring (bicyclic) bond motifs is 1. The number of thiazole rings is 1. The van der Waals surface area contributed by atoms with Gasteiger partial charge in [0.1, 0.15) is 0 Å². The Kier molecular flexibility index (Phi) is 5.15. The third kappa shape index (κ3) is 4.87. The lowest BCUT2D eigenvalue weighted by atomic mass is 10.1. The van der Waals surface area contributed by atoms with Crippen molar-refractivity contribution in [3.63, 3.8) is 0 Å². The molecule has 0 aliphatic heterocycles. The number of nitrogens with zero attached hydrogens (tertiary/aromatic N) is 1. The molecule has 130 valence electrons. The molecule has 0 saturated heterocycles. The average molecular weight is 374 g/mol. The molecule has 1 N–H and O–H groups in total. The summed E-state index contributed by atoms with van der Waals surface area (Å²) in [7, 11) is -3.12. The van der Waals surface area contributed by atoms with Crippen LogP contribution in [0.25, 0.3) is 10.2 Å². The predicted molar refractivity (Wildman–Crippen MR) is 101 cm³/mol. The number of benzene rings is 2. The van der Waals surface area contributed by atoms with Gasteiger partial charge in [0.05, 0.1) is 21.0 Å². The van der Waals surface area contributed by atoms with Gasteiger partial charge in [0.15, 0.2) is 9.84 Å². The van der Waals surface area contributed by atoms with Gasteiger partial charge in [-0.1, -0.05) is 24.3 Å². The fourth-order valence-electron chi connectivity index (χ4n) is 2.52. The fraction of sp³-hybridized carbons (Fsp3) is 0.222. The van der Waals surface area contributed by atoms with Crippen molar-refractivity contribution >= 4 is 37.3 Å². The maximum Gasteiger partial charge on any atom is 0.251 e. The van der Waals surface area contributed by atoms with Crippen LogP contribution in [0.2, 0.25) is 0 Å². The lowest BCUT2D eigenvalue weighted by Gasteiger charge is -2.06. The molecule has 0 bridgehead atoms. The number of amides is 1. The highest BCUT2D eigenvalue weighted by molar-refractivity contribution is 7.89. The van der Waals surface area contributed by atoms with Gasteiger partial charge in [-0.05, 0) is 29.8 Å². The van der Waals surface area contributed by atoms with Gasteiger partial charge < -0.3 is 5.32 Å². The van der Waals surface area contributed by atoms with Crippen LogP contribution in [-0.4, -0.2) is 32.1 Å². The first-order valence-electron chi connectivity index (χ1n) is 7.80. The van der Waals surface area contributed by atoms with Crippen molar-refractivity contribution < 1.29 is 13.2 Å². The quantitative estimate of drug-likeness (QED) is 0.720. The molecule has 5 nitrogen and oxygen atoms in total. The van der Waals surface area contributed by atoms with Gasteiger partial charge in [-0.2, -0.15) is 0 Å². The first-order valence-corrected chi connectivity index (χ1v) is 10.7. The van der Waals surface area contributed by atoms with E-state index in [0.29, 0.717) is 24.1 Å². The predicted octanol–water partition coefficient (Wildman–Crippen LogP) is 2.81. The van der Waals surface area contributed by atoms with Crippen molar-refractivity contribution in [3.05, 3.63) is 64.7 Å². The molecule has 0 fully saturated rings. The van der Waals surface area contributed by atoms with Gasteiger partial charge in [0.2, 0.25) is 0 Å². The van der Waals surface area contributed by atoms with E-state index in [1.165, 1.54) is 6.26 Å². The minimum Gasteiger partial charge on any atom is -0.352 e. The molecule has 0 saturated carbocycles. The van der Waals surface area contributed by atoms with E-state index in [9.17, 15) is 13.2 Å². The molecule has 1 heterocycles. The molecule has 0 aliphatic carbocycles. The summed E-state index contributed by atoms with van der Waals surface area (Å²) in [4.78, 5) is 16.8. The molecule has 0 aliphatic rings. The van der Waals surface area contributed by atoms with Crippen LogP contribution in [0.3, 0.4) is 0 Å². The molecular weight excluding hydrogens is 356 g/mol. The van der Waals surface area contributed by atoms with E-state index < -0.39 is 9.84 Å². The number of aromatic nitrogens is 1. The highest BCUT2D eigenvalue weighted by Crippen LogP contribution is 2.21. The van der Waals surface area contributed by atoms with Gasteiger partial charge in [-0.15, -0.1) is 11.3 Å². The molecule has 1 aromatic heterocycles.